The molecule has 0 aliphatic rings. The van der Waals surface area contributed by atoms with Crippen LogP contribution < -0.4 is 15.4 Å². The van der Waals surface area contributed by atoms with E-state index in [0.717, 1.165) is 16.9 Å². The van der Waals surface area contributed by atoms with E-state index >= 15 is 0 Å². The highest BCUT2D eigenvalue weighted by Crippen LogP contribution is 2.22. The van der Waals surface area contributed by atoms with Crippen molar-refractivity contribution < 1.29 is 14.1 Å². The number of rotatable bonds is 6. The van der Waals surface area contributed by atoms with Gasteiger partial charge in [-0.2, -0.15) is 0 Å². The van der Waals surface area contributed by atoms with E-state index in [4.69, 9.17) is 9.26 Å². The fraction of sp³-hybridized carbons (Fsp3) is 0.375. The van der Waals surface area contributed by atoms with Crippen molar-refractivity contribution >= 4 is 6.03 Å². The summed E-state index contributed by atoms with van der Waals surface area (Å²) in [6, 6.07) is 7.33. The summed E-state index contributed by atoms with van der Waals surface area (Å²) in [4.78, 5) is 11.8. The first-order chi connectivity index (χ1) is 10.6. The van der Waals surface area contributed by atoms with Crippen molar-refractivity contribution in [2.24, 2.45) is 0 Å². The molecule has 0 spiro atoms. The second-order valence-electron chi connectivity index (χ2n) is 5.25. The molecule has 22 heavy (non-hydrogen) atoms. The molecule has 2 N–H and O–H groups in total. The predicted molar refractivity (Wildman–Crippen MR) is 82.7 cm³/mol. The first-order valence-electron chi connectivity index (χ1n) is 7.19. The lowest BCUT2D eigenvalue weighted by Crippen LogP contribution is -2.43. The lowest BCUT2D eigenvalue weighted by molar-refractivity contribution is 0.225. The number of nitrogens with zero attached hydrogens (tertiary/aromatic N) is 1. The largest absolute Gasteiger partial charge is 0.491 e. The number of hydrogen-bond acceptors (Lipinski definition) is 4. The molecule has 1 aromatic carbocycles. The topological polar surface area (TPSA) is 76.4 Å². The number of ether oxygens (including phenoxy) is 1. The zero-order valence-corrected chi connectivity index (χ0v) is 13.1. The van der Waals surface area contributed by atoms with Crippen molar-refractivity contribution in [2.45, 2.75) is 33.4 Å². The van der Waals surface area contributed by atoms with Crippen LogP contribution in [0.3, 0.4) is 0 Å². The molecule has 1 aromatic heterocycles. The van der Waals surface area contributed by atoms with Crippen LogP contribution in [0.1, 0.15) is 23.7 Å². The van der Waals surface area contributed by atoms with Gasteiger partial charge in [-0.05, 0) is 31.9 Å². The lowest BCUT2D eigenvalue weighted by Gasteiger charge is -2.17. The van der Waals surface area contributed by atoms with Gasteiger partial charge < -0.3 is 19.9 Å². The summed E-state index contributed by atoms with van der Waals surface area (Å²) in [5.41, 5.74) is 2.85. The number of aryl methyl sites for hydroxylation is 2. The molecule has 0 bridgehead atoms. The summed E-state index contributed by atoms with van der Waals surface area (Å²) < 4.78 is 10.5. The average molecular weight is 303 g/mol. The Balaban J connectivity index is 1.75. The average Bonchev–Trinajstić information content (AvgIpc) is 2.98. The fourth-order valence-electron chi connectivity index (χ4n) is 2.05. The van der Waals surface area contributed by atoms with Gasteiger partial charge in [0.05, 0.1) is 12.6 Å². The zero-order chi connectivity index (χ0) is 15.9. The Hall–Kier alpha value is -2.50. The number of carbonyl (C=O) groups is 1. The van der Waals surface area contributed by atoms with Crippen molar-refractivity contribution in [2.75, 3.05) is 6.61 Å². The van der Waals surface area contributed by atoms with Gasteiger partial charge in [-0.1, -0.05) is 23.4 Å². The summed E-state index contributed by atoms with van der Waals surface area (Å²) in [5, 5.41) is 9.25. The molecule has 2 rings (SSSR count). The Bertz CT molecular complexity index is 591. The van der Waals surface area contributed by atoms with Crippen LogP contribution in [0, 0.1) is 13.8 Å². The first-order valence-corrected chi connectivity index (χ1v) is 7.19. The third kappa shape index (κ3) is 4.51. The number of benzene rings is 1. The van der Waals surface area contributed by atoms with Crippen LogP contribution in [0.25, 0.3) is 0 Å². The highest BCUT2D eigenvalue weighted by molar-refractivity contribution is 5.74. The zero-order valence-electron chi connectivity index (χ0n) is 13.1. The van der Waals surface area contributed by atoms with Gasteiger partial charge in [-0.25, -0.2) is 4.79 Å². The normalized spacial score (nSPS) is 11.8. The molecule has 6 heteroatoms. The SMILES string of the molecule is Cc1cccc(C)c1OC[C@@H](C)NC(=O)NCc1ccon1. The van der Waals surface area contributed by atoms with Crippen molar-refractivity contribution in [1.29, 1.82) is 0 Å². The van der Waals surface area contributed by atoms with Crippen LogP contribution in [-0.2, 0) is 6.54 Å². The molecule has 0 aliphatic carbocycles. The Labute approximate surface area is 129 Å². The quantitative estimate of drug-likeness (QED) is 0.860. The van der Waals surface area contributed by atoms with E-state index in [0.29, 0.717) is 18.8 Å². The second kappa shape index (κ2) is 7.49. The maximum absolute atomic E-state index is 11.8. The standard InChI is InChI=1S/C16H21N3O3/c1-11-5-4-6-12(2)15(11)21-10-13(3)18-16(20)17-9-14-7-8-22-19-14/h4-8,13H,9-10H2,1-3H3,(H2,17,18,20)/t13-/m1/s1. The molecule has 0 unspecified atom stereocenters. The number of aromatic nitrogens is 1. The minimum Gasteiger partial charge on any atom is -0.491 e. The number of amides is 2. The van der Waals surface area contributed by atoms with Crippen LogP contribution in [0.15, 0.2) is 35.1 Å². The van der Waals surface area contributed by atoms with Crippen LogP contribution in [-0.4, -0.2) is 23.8 Å². The van der Waals surface area contributed by atoms with E-state index in [9.17, 15) is 4.79 Å². The Morgan fingerprint density at radius 1 is 1.32 bits per heavy atom. The summed E-state index contributed by atoms with van der Waals surface area (Å²) in [5.74, 6) is 0.874. The maximum atomic E-state index is 11.8. The third-order valence-corrected chi connectivity index (χ3v) is 3.19. The molecule has 0 aliphatic heterocycles. The molecule has 6 nitrogen and oxygen atoms in total. The van der Waals surface area contributed by atoms with Gasteiger partial charge in [0.1, 0.15) is 24.3 Å². The number of nitrogens with one attached hydrogen (secondary N) is 2. The van der Waals surface area contributed by atoms with E-state index in [1.54, 1.807) is 6.07 Å². The Morgan fingerprint density at radius 2 is 2.05 bits per heavy atom. The number of para-hydroxylation sites is 1. The molecule has 2 aromatic rings. The Kier molecular flexibility index (Phi) is 5.41. The molecular weight excluding hydrogens is 282 g/mol. The van der Waals surface area contributed by atoms with Crippen LogP contribution in [0.5, 0.6) is 5.75 Å². The molecule has 0 saturated heterocycles. The third-order valence-electron chi connectivity index (χ3n) is 3.19. The molecule has 0 radical (unpaired) electrons. The smallest absolute Gasteiger partial charge is 0.315 e. The van der Waals surface area contributed by atoms with E-state index < -0.39 is 0 Å². The van der Waals surface area contributed by atoms with Gasteiger partial charge in [-0.3, -0.25) is 0 Å². The lowest BCUT2D eigenvalue weighted by atomic mass is 10.1. The van der Waals surface area contributed by atoms with Crippen LogP contribution >= 0.6 is 0 Å². The van der Waals surface area contributed by atoms with E-state index in [2.05, 4.69) is 15.8 Å². The minimum absolute atomic E-state index is 0.115. The van der Waals surface area contributed by atoms with Crippen molar-refractivity contribution in [3.8, 4) is 5.75 Å². The number of carbonyl (C=O) groups excluding carboxylic acids is 1. The number of hydrogen-bond donors (Lipinski definition) is 2. The van der Waals surface area contributed by atoms with E-state index in [-0.39, 0.29) is 12.1 Å². The molecule has 118 valence electrons. The maximum Gasteiger partial charge on any atom is 0.315 e. The van der Waals surface area contributed by atoms with Crippen molar-refractivity contribution in [3.05, 3.63) is 47.3 Å². The van der Waals surface area contributed by atoms with Gasteiger partial charge >= 0.3 is 6.03 Å². The van der Waals surface area contributed by atoms with Crippen molar-refractivity contribution in [1.82, 2.24) is 15.8 Å². The first kappa shape index (κ1) is 15.9. The Morgan fingerprint density at radius 3 is 2.68 bits per heavy atom. The van der Waals surface area contributed by atoms with Gasteiger partial charge in [-0.15, -0.1) is 0 Å². The summed E-state index contributed by atoms with van der Waals surface area (Å²) in [6.45, 7) is 6.63. The summed E-state index contributed by atoms with van der Waals surface area (Å²) in [6.07, 6.45) is 1.47. The molecule has 0 fully saturated rings. The molecular formula is C16H21N3O3. The van der Waals surface area contributed by atoms with Crippen LogP contribution in [0.4, 0.5) is 4.79 Å². The van der Waals surface area contributed by atoms with Crippen molar-refractivity contribution in [3.63, 3.8) is 0 Å². The minimum atomic E-state index is -0.263. The highest BCUT2D eigenvalue weighted by atomic mass is 16.5. The fourth-order valence-corrected chi connectivity index (χ4v) is 2.05. The molecule has 1 atom stereocenters. The second-order valence-corrected chi connectivity index (χ2v) is 5.25. The monoisotopic (exact) mass is 303 g/mol. The van der Waals surface area contributed by atoms with Gasteiger partial charge in [0.15, 0.2) is 0 Å². The molecule has 0 saturated carbocycles. The molecule has 1 heterocycles. The van der Waals surface area contributed by atoms with Gasteiger partial charge in [0.25, 0.3) is 0 Å². The summed E-state index contributed by atoms with van der Waals surface area (Å²) >= 11 is 0. The van der Waals surface area contributed by atoms with E-state index in [1.165, 1.54) is 6.26 Å². The van der Waals surface area contributed by atoms with Gasteiger partial charge in [0.2, 0.25) is 0 Å². The number of urea groups is 1. The van der Waals surface area contributed by atoms with E-state index in [1.807, 2.05) is 39.0 Å². The van der Waals surface area contributed by atoms with Crippen LogP contribution in [0.2, 0.25) is 0 Å². The molecule has 2 amide bonds. The predicted octanol–water partition coefficient (Wildman–Crippen LogP) is 2.56. The summed E-state index contributed by atoms with van der Waals surface area (Å²) in [7, 11) is 0. The van der Waals surface area contributed by atoms with Gasteiger partial charge in [0, 0.05) is 6.07 Å². The highest BCUT2D eigenvalue weighted by Gasteiger charge is 2.10.